The van der Waals surface area contributed by atoms with E-state index in [-0.39, 0.29) is 13.2 Å². The Bertz CT molecular complexity index is 812. The minimum atomic E-state index is -0.0356. The van der Waals surface area contributed by atoms with Crippen LogP contribution in [0.4, 0.5) is 0 Å². The zero-order chi connectivity index (χ0) is 21.1. The van der Waals surface area contributed by atoms with E-state index in [9.17, 15) is 0 Å². The van der Waals surface area contributed by atoms with Crippen molar-refractivity contribution in [2.45, 2.75) is 31.8 Å². The third-order valence-corrected chi connectivity index (χ3v) is 5.05. The summed E-state index contributed by atoms with van der Waals surface area (Å²) in [6.45, 7) is 6.36. The normalized spacial score (nSPS) is 11.3. The van der Waals surface area contributed by atoms with E-state index in [4.69, 9.17) is 19.6 Å². The van der Waals surface area contributed by atoms with Crippen LogP contribution in [0.2, 0.25) is 0 Å². The van der Waals surface area contributed by atoms with Gasteiger partial charge in [0.2, 0.25) is 0 Å². The minimum absolute atomic E-state index is 0.0356. The molecule has 3 N–H and O–H groups in total. The fraction of sp³-hybridized carbons (Fsp3) is 0.409. The molecule has 0 aromatic heterocycles. The predicted octanol–water partition coefficient (Wildman–Crippen LogP) is 3.35. The SMILES string of the molecule is CCNC(=NCc1ccc(OCCO)c(OC)c1)NCc1ccc(C)cc1SC. The maximum Gasteiger partial charge on any atom is 0.191 e. The highest BCUT2D eigenvalue weighted by atomic mass is 32.2. The first kappa shape index (κ1) is 22.9. The Labute approximate surface area is 177 Å². The van der Waals surface area contributed by atoms with Gasteiger partial charge in [-0.3, -0.25) is 0 Å². The standard InChI is InChI=1S/C22H31N3O3S/c1-5-23-22(25-15-18-8-6-16(2)12-21(18)29-4)24-14-17-7-9-19(28-11-10-26)20(13-17)27-3/h6-9,12-13,26H,5,10-11,14-15H2,1-4H3,(H2,23,24,25). The first-order valence-corrected chi connectivity index (χ1v) is 10.9. The molecule has 0 unspecified atom stereocenters. The highest BCUT2D eigenvalue weighted by Crippen LogP contribution is 2.28. The van der Waals surface area contributed by atoms with Crippen LogP contribution in [0.1, 0.15) is 23.6 Å². The second kappa shape index (κ2) is 12.2. The molecule has 2 aromatic rings. The molecule has 0 amide bonds. The van der Waals surface area contributed by atoms with E-state index in [1.807, 2.05) is 25.1 Å². The summed E-state index contributed by atoms with van der Waals surface area (Å²) >= 11 is 1.75. The van der Waals surface area contributed by atoms with Crippen LogP contribution >= 0.6 is 11.8 Å². The van der Waals surface area contributed by atoms with Crippen LogP contribution < -0.4 is 20.1 Å². The van der Waals surface area contributed by atoms with Crippen LogP contribution in [0.25, 0.3) is 0 Å². The van der Waals surface area contributed by atoms with Gasteiger partial charge in [0.1, 0.15) is 6.61 Å². The molecule has 29 heavy (non-hydrogen) atoms. The van der Waals surface area contributed by atoms with E-state index >= 15 is 0 Å². The predicted molar refractivity (Wildman–Crippen MR) is 120 cm³/mol. The molecular formula is C22H31N3O3S. The quantitative estimate of drug-likeness (QED) is 0.313. The van der Waals surface area contributed by atoms with Gasteiger partial charge in [-0.1, -0.05) is 18.2 Å². The topological polar surface area (TPSA) is 75.1 Å². The molecule has 0 aliphatic heterocycles. The monoisotopic (exact) mass is 417 g/mol. The summed E-state index contributed by atoms with van der Waals surface area (Å²) in [5.74, 6) is 2.01. The van der Waals surface area contributed by atoms with Gasteiger partial charge in [-0.25, -0.2) is 4.99 Å². The summed E-state index contributed by atoms with van der Waals surface area (Å²) in [5.41, 5.74) is 3.52. The van der Waals surface area contributed by atoms with Gasteiger partial charge in [-0.15, -0.1) is 11.8 Å². The van der Waals surface area contributed by atoms with Crippen molar-refractivity contribution >= 4 is 17.7 Å². The number of hydrogen-bond donors (Lipinski definition) is 3. The lowest BCUT2D eigenvalue weighted by Gasteiger charge is -2.14. The van der Waals surface area contributed by atoms with Crippen LogP contribution in [0.3, 0.4) is 0 Å². The summed E-state index contributed by atoms with van der Waals surface area (Å²) in [7, 11) is 1.60. The molecule has 0 heterocycles. The number of hydrogen-bond acceptors (Lipinski definition) is 5. The lowest BCUT2D eigenvalue weighted by molar-refractivity contribution is 0.196. The van der Waals surface area contributed by atoms with Crippen LogP contribution in [-0.4, -0.2) is 44.2 Å². The lowest BCUT2D eigenvalue weighted by atomic mass is 10.1. The third kappa shape index (κ3) is 7.18. The largest absolute Gasteiger partial charge is 0.493 e. The Hall–Kier alpha value is -2.38. The average molecular weight is 418 g/mol. The molecule has 0 bridgehead atoms. The van der Waals surface area contributed by atoms with Gasteiger partial charge in [-0.05, 0) is 55.0 Å². The van der Waals surface area contributed by atoms with Crippen molar-refractivity contribution in [2.24, 2.45) is 4.99 Å². The molecule has 0 fully saturated rings. The Balaban J connectivity index is 2.07. The lowest BCUT2D eigenvalue weighted by Crippen LogP contribution is -2.36. The highest BCUT2D eigenvalue weighted by Gasteiger charge is 2.07. The number of aliphatic imine (C=N–C) groups is 1. The minimum Gasteiger partial charge on any atom is -0.493 e. The highest BCUT2D eigenvalue weighted by molar-refractivity contribution is 7.98. The Morgan fingerprint density at radius 1 is 1.14 bits per heavy atom. The van der Waals surface area contributed by atoms with Crippen molar-refractivity contribution in [3.8, 4) is 11.5 Å². The second-order valence-corrected chi connectivity index (χ2v) is 7.27. The third-order valence-electron chi connectivity index (χ3n) is 4.23. The molecule has 158 valence electrons. The van der Waals surface area contributed by atoms with Crippen molar-refractivity contribution < 1.29 is 14.6 Å². The van der Waals surface area contributed by atoms with Gasteiger partial charge in [0.25, 0.3) is 0 Å². The van der Waals surface area contributed by atoms with E-state index in [1.165, 1.54) is 16.0 Å². The number of aryl methyl sites for hydroxylation is 1. The number of aliphatic hydroxyl groups excluding tert-OH is 1. The second-order valence-electron chi connectivity index (χ2n) is 6.42. The number of benzene rings is 2. The molecular weight excluding hydrogens is 386 g/mol. The summed E-state index contributed by atoms with van der Waals surface area (Å²) in [6.07, 6.45) is 2.10. The van der Waals surface area contributed by atoms with Crippen molar-refractivity contribution in [3.63, 3.8) is 0 Å². The molecule has 0 aliphatic carbocycles. The number of aliphatic hydroxyl groups is 1. The maximum atomic E-state index is 8.92. The van der Waals surface area contributed by atoms with Gasteiger partial charge in [-0.2, -0.15) is 0 Å². The maximum absolute atomic E-state index is 8.92. The molecule has 0 spiro atoms. The van der Waals surface area contributed by atoms with E-state index in [0.29, 0.717) is 24.6 Å². The number of guanidine groups is 1. The van der Waals surface area contributed by atoms with Gasteiger partial charge < -0.3 is 25.2 Å². The number of rotatable bonds is 10. The molecule has 0 saturated carbocycles. The summed E-state index contributed by atoms with van der Waals surface area (Å²) in [4.78, 5) is 5.96. The number of nitrogens with zero attached hydrogens (tertiary/aromatic N) is 1. The van der Waals surface area contributed by atoms with E-state index in [2.05, 4.69) is 42.0 Å². The van der Waals surface area contributed by atoms with E-state index in [0.717, 1.165) is 18.1 Å². The molecule has 0 atom stereocenters. The van der Waals surface area contributed by atoms with Gasteiger partial charge in [0.15, 0.2) is 17.5 Å². The fourth-order valence-electron chi connectivity index (χ4n) is 2.77. The first-order chi connectivity index (χ1) is 14.1. The van der Waals surface area contributed by atoms with Gasteiger partial charge in [0, 0.05) is 18.0 Å². The number of ether oxygens (including phenoxy) is 2. The molecule has 7 heteroatoms. The Morgan fingerprint density at radius 3 is 2.66 bits per heavy atom. The zero-order valence-corrected chi connectivity index (χ0v) is 18.4. The first-order valence-electron chi connectivity index (χ1n) is 9.67. The van der Waals surface area contributed by atoms with E-state index in [1.54, 1.807) is 18.9 Å². The van der Waals surface area contributed by atoms with Crippen molar-refractivity contribution in [3.05, 3.63) is 53.1 Å². The molecule has 2 rings (SSSR count). The van der Waals surface area contributed by atoms with Crippen molar-refractivity contribution in [1.82, 2.24) is 10.6 Å². The molecule has 0 radical (unpaired) electrons. The molecule has 6 nitrogen and oxygen atoms in total. The smallest absolute Gasteiger partial charge is 0.191 e. The van der Waals surface area contributed by atoms with Gasteiger partial charge in [0.05, 0.1) is 20.3 Å². The van der Waals surface area contributed by atoms with Crippen LogP contribution in [0, 0.1) is 6.92 Å². The fourth-order valence-corrected chi connectivity index (χ4v) is 3.48. The molecule has 0 saturated heterocycles. The van der Waals surface area contributed by atoms with Crippen LogP contribution in [-0.2, 0) is 13.1 Å². The summed E-state index contributed by atoms with van der Waals surface area (Å²) in [5, 5.41) is 15.6. The van der Waals surface area contributed by atoms with E-state index < -0.39 is 0 Å². The zero-order valence-electron chi connectivity index (χ0n) is 17.6. The van der Waals surface area contributed by atoms with Crippen molar-refractivity contribution in [2.75, 3.05) is 33.1 Å². The Morgan fingerprint density at radius 2 is 1.97 bits per heavy atom. The average Bonchev–Trinajstić information content (AvgIpc) is 2.74. The number of thioether (sulfide) groups is 1. The van der Waals surface area contributed by atoms with Crippen LogP contribution in [0.5, 0.6) is 11.5 Å². The molecule has 2 aromatic carbocycles. The van der Waals surface area contributed by atoms with Crippen molar-refractivity contribution in [1.29, 1.82) is 0 Å². The van der Waals surface area contributed by atoms with Gasteiger partial charge >= 0.3 is 0 Å². The van der Waals surface area contributed by atoms with Crippen LogP contribution in [0.15, 0.2) is 46.3 Å². The summed E-state index contributed by atoms with van der Waals surface area (Å²) < 4.78 is 10.9. The number of nitrogens with one attached hydrogen (secondary N) is 2. The Kier molecular flexibility index (Phi) is 9.67. The molecule has 0 aliphatic rings. The summed E-state index contributed by atoms with van der Waals surface area (Å²) in [6, 6.07) is 12.2. The number of methoxy groups -OCH3 is 1.